The molecule has 27 heavy (non-hydrogen) atoms. The molecule has 6 heteroatoms. The van der Waals surface area contributed by atoms with Crippen LogP contribution in [0, 0.1) is 0 Å². The van der Waals surface area contributed by atoms with Crippen LogP contribution in [-0.2, 0) is 17.8 Å². The van der Waals surface area contributed by atoms with Crippen LogP contribution in [0.25, 0.3) is 11.0 Å². The smallest absolute Gasteiger partial charge is 0.240 e. The van der Waals surface area contributed by atoms with E-state index in [4.69, 9.17) is 4.42 Å². The van der Waals surface area contributed by atoms with E-state index in [1.165, 1.54) is 12.8 Å². The van der Waals surface area contributed by atoms with Gasteiger partial charge in [0.1, 0.15) is 18.1 Å². The summed E-state index contributed by atoms with van der Waals surface area (Å²) in [5.41, 5.74) is 1.94. The van der Waals surface area contributed by atoms with Gasteiger partial charge in [0.25, 0.3) is 0 Å². The fourth-order valence-corrected chi connectivity index (χ4v) is 3.93. The van der Waals surface area contributed by atoms with Gasteiger partial charge in [-0.25, -0.2) is 4.98 Å². The van der Waals surface area contributed by atoms with Crippen molar-refractivity contribution >= 4 is 16.9 Å². The molecule has 142 valence electrons. The molecule has 6 nitrogen and oxygen atoms in total. The van der Waals surface area contributed by atoms with Crippen LogP contribution >= 0.6 is 0 Å². The Kier molecular flexibility index (Phi) is 5.25. The molecular formula is C21H26N4O2. The van der Waals surface area contributed by atoms with E-state index in [-0.39, 0.29) is 18.5 Å². The predicted molar refractivity (Wildman–Crippen MR) is 104 cm³/mol. The molecule has 3 aromatic rings. The molecule has 1 aliphatic rings. The van der Waals surface area contributed by atoms with Crippen molar-refractivity contribution in [2.24, 2.45) is 0 Å². The number of nitrogens with zero attached hydrogens (tertiary/aromatic N) is 3. The first-order chi connectivity index (χ1) is 13.3. The summed E-state index contributed by atoms with van der Waals surface area (Å²) in [5.74, 6) is 1.86. The van der Waals surface area contributed by atoms with Crippen LogP contribution < -0.4 is 5.32 Å². The highest BCUT2D eigenvalue weighted by molar-refractivity contribution is 5.81. The van der Waals surface area contributed by atoms with Crippen molar-refractivity contribution < 1.29 is 9.21 Å². The van der Waals surface area contributed by atoms with E-state index in [0.717, 1.165) is 42.1 Å². The molecule has 1 aromatic carbocycles. The molecule has 1 amide bonds. The second kappa shape index (κ2) is 7.96. The number of para-hydroxylation sites is 2. The Labute approximate surface area is 159 Å². The number of imidazole rings is 1. The molecule has 0 radical (unpaired) electrons. The number of hydrogen-bond donors (Lipinski definition) is 1. The highest BCUT2D eigenvalue weighted by atomic mass is 16.3. The number of likely N-dealkylation sites (tertiary alicyclic amines) is 1. The molecule has 3 heterocycles. The number of nitrogens with one attached hydrogen (secondary N) is 1. The summed E-state index contributed by atoms with van der Waals surface area (Å²) in [6.45, 7) is 5.01. The molecule has 0 saturated carbocycles. The first kappa shape index (κ1) is 17.8. The van der Waals surface area contributed by atoms with Crippen LogP contribution in [0.15, 0.2) is 47.1 Å². The topological polar surface area (TPSA) is 63.3 Å². The number of hydrogen-bond acceptors (Lipinski definition) is 4. The highest BCUT2D eigenvalue weighted by Gasteiger charge is 2.26. The highest BCUT2D eigenvalue weighted by Crippen LogP contribution is 2.25. The minimum atomic E-state index is 0.00334. The van der Waals surface area contributed by atoms with Gasteiger partial charge in [0, 0.05) is 13.0 Å². The lowest BCUT2D eigenvalue weighted by atomic mass is 10.2. The van der Waals surface area contributed by atoms with Gasteiger partial charge >= 0.3 is 0 Å². The molecule has 1 aliphatic heterocycles. The third kappa shape index (κ3) is 3.76. The van der Waals surface area contributed by atoms with Crippen molar-refractivity contribution in [3.63, 3.8) is 0 Å². The molecule has 2 aromatic heterocycles. The molecular weight excluding hydrogens is 340 g/mol. The van der Waals surface area contributed by atoms with E-state index >= 15 is 0 Å². The van der Waals surface area contributed by atoms with Crippen molar-refractivity contribution in [3.8, 4) is 0 Å². The monoisotopic (exact) mass is 366 g/mol. The second-order valence-corrected chi connectivity index (χ2v) is 7.03. The number of furan rings is 1. The van der Waals surface area contributed by atoms with Gasteiger partial charge in [-0.15, -0.1) is 0 Å². The molecule has 0 spiro atoms. The number of amides is 1. The number of aromatic nitrogens is 2. The Bertz CT molecular complexity index is 894. The zero-order chi connectivity index (χ0) is 18.6. The number of rotatable bonds is 7. The summed E-state index contributed by atoms with van der Waals surface area (Å²) >= 11 is 0. The summed E-state index contributed by atoms with van der Waals surface area (Å²) in [4.78, 5) is 19.7. The van der Waals surface area contributed by atoms with Gasteiger partial charge in [-0.2, -0.15) is 0 Å². The first-order valence-electron chi connectivity index (χ1n) is 9.74. The minimum Gasteiger partial charge on any atom is -0.468 e. The van der Waals surface area contributed by atoms with Gasteiger partial charge in [0.05, 0.1) is 23.3 Å². The number of aryl methyl sites for hydroxylation is 1. The van der Waals surface area contributed by atoms with Gasteiger partial charge in [-0.3, -0.25) is 9.69 Å². The van der Waals surface area contributed by atoms with Crippen LogP contribution in [0.5, 0.6) is 0 Å². The minimum absolute atomic E-state index is 0.00334. The maximum atomic E-state index is 12.7. The Morgan fingerprint density at radius 3 is 2.78 bits per heavy atom. The summed E-state index contributed by atoms with van der Waals surface area (Å²) in [7, 11) is 0. The maximum Gasteiger partial charge on any atom is 0.240 e. The third-order valence-corrected chi connectivity index (χ3v) is 5.30. The zero-order valence-corrected chi connectivity index (χ0v) is 15.7. The number of carbonyl (C=O) groups excluding carboxylic acids is 1. The standard InChI is InChI=1S/C21H26N4O2/c1-2-20-23-16-8-3-4-9-17(16)25(20)15-21(26)22-14-18(19-10-7-13-27-19)24-11-5-6-12-24/h3-4,7-10,13,18H,2,5-6,11-12,14-15H2,1H3,(H,22,26)/t18-/m1/s1. The molecule has 0 bridgehead atoms. The van der Waals surface area contributed by atoms with E-state index in [1.54, 1.807) is 6.26 Å². The van der Waals surface area contributed by atoms with Crippen molar-refractivity contribution in [1.29, 1.82) is 0 Å². The normalized spacial score (nSPS) is 16.0. The van der Waals surface area contributed by atoms with Crippen LogP contribution in [0.3, 0.4) is 0 Å². The number of benzene rings is 1. The van der Waals surface area contributed by atoms with E-state index in [2.05, 4.69) is 22.1 Å². The van der Waals surface area contributed by atoms with Crippen LogP contribution in [0.2, 0.25) is 0 Å². The average molecular weight is 366 g/mol. The summed E-state index contributed by atoms with van der Waals surface area (Å²) in [5, 5.41) is 3.11. The van der Waals surface area contributed by atoms with E-state index in [0.29, 0.717) is 6.54 Å². The van der Waals surface area contributed by atoms with E-state index in [1.807, 2.05) is 41.0 Å². The number of carbonyl (C=O) groups is 1. The second-order valence-electron chi connectivity index (χ2n) is 7.03. The number of fused-ring (bicyclic) bond motifs is 1. The van der Waals surface area contributed by atoms with Crippen molar-refractivity contribution in [2.75, 3.05) is 19.6 Å². The van der Waals surface area contributed by atoms with Crippen molar-refractivity contribution in [1.82, 2.24) is 19.8 Å². The largest absolute Gasteiger partial charge is 0.468 e. The molecule has 1 fully saturated rings. The summed E-state index contributed by atoms with van der Waals surface area (Å²) in [6.07, 6.45) is 4.90. The maximum absolute atomic E-state index is 12.7. The van der Waals surface area contributed by atoms with Crippen LogP contribution in [0.4, 0.5) is 0 Å². The predicted octanol–water partition coefficient (Wildman–Crippen LogP) is 3.15. The molecule has 1 atom stereocenters. The van der Waals surface area contributed by atoms with Crippen molar-refractivity contribution in [2.45, 2.75) is 38.8 Å². The average Bonchev–Trinajstić information content (AvgIpc) is 3.44. The Hall–Kier alpha value is -2.60. The Balaban J connectivity index is 1.46. The fourth-order valence-electron chi connectivity index (χ4n) is 3.93. The van der Waals surface area contributed by atoms with Gasteiger partial charge in [0.15, 0.2) is 0 Å². The Morgan fingerprint density at radius 1 is 1.22 bits per heavy atom. The Morgan fingerprint density at radius 2 is 2.04 bits per heavy atom. The van der Waals surface area contributed by atoms with Crippen LogP contribution in [0.1, 0.15) is 37.4 Å². The molecule has 1 saturated heterocycles. The van der Waals surface area contributed by atoms with Gasteiger partial charge < -0.3 is 14.3 Å². The first-order valence-corrected chi connectivity index (χ1v) is 9.74. The lowest BCUT2D eigenvalue weighted by Crippen LogP contribution is -2.38. The summed E-state index contributed by atoms with van der Waals surface area (Å²) < 4.78 is 7.65. The van der Waals surface area contributed by atoms with Crippen molar-refractivity contribution in [3.05, 3.63) is 54.2 Å². The third-order valence-electron chi connectivity index (χ3n) is 5.30. The van der Waals surface area contributed by atoms with Gasteiger partial charge in [-0.1, -0.05) is 19.1 Å². The van der Waals surface area contributed by atoms with E-state index < -0.39 is 0 Å². The van der Waals surface area contributed by atoms with Gasteiger partial charge in [-0.05, 0) is 50.2 Å². The van der Waals surface area contributed by atoms with E-state index in [9.17, 15) is 4.79 Å². The summed E-state index contributed by atoms with van der Waals surface area (Å²) in [6, 6.07) is 12.0. The van der Waals surface area contributed by atoms with Gasteiger partial charge in [0.2, 0.25) is 5.91 Å². The quantitative estimate of drug-likeness (QED) is 0.698. The lowest BCUT2D eigenvalue weighted by Gasteiger charge is -2.26. The SMILES string of the molecule is CCc1nc2ccccc2n1CC(=O)NC[C@H](c1ccco1)N1CCCC1. The fraction of sp³-hybridized carbons (Fsp3) is 0.429. The molecule has 0 unspecified atom stereocenters. The lowest BCUT2D eigenvalue weighted by molar-refractivity contribution is -0.121. The molecule has 1 N–H and O–H groups in total. The molecule has 4 rings (SSSR count). The zero-order valence-electron chi connectivity index (χ0n) is 15.7. The molecule has 0 aliphatic carbocycles. The van der Waals surface area contributed by atoms with Crippen LogP contribution in [-0.4, -0.2) is 40.0 Å².